The number of methoxy groups -OCH3 is 2. The third kappa shape index (κ3) is 1.83. The molecule has 1 heterocycles. The molecule has 1 saturated heterocycles. The van der Waals surface area contributed by atoms with Crippen molar-refractivity contribution < 1.29 is 23.8 Å². The number of carbonyl (C=O) groups excluding carboxylic acids is 2. The van der Waals surface area contributed by atoms with Crippen LogP contribution in [0.25, 0.3) is 0 Å². The quantitative estimate of drug-likeness (QED) is 0.632. The molecule has 5 heteroatoms. The molecule has 0 aromatic heterocycles. The summed E-state index contributed by atoms with van der Waals surface area (Å²) in [7, 11) is 2.66. The first kappa shape index (κ1) is 14.7. The van der Waals surface area contributed by atoms with E-state index in [0.29, 0.717) is 12.8 Å². The topological polar surface area (TPSA) is 61.8 Å². The van der Waals surface area contributed by atoms with E-state index in [-0.39, 0.29) is 23.5 Å². The Morgan fingerprint density at radius 2 is 1.74 bits per heavy atom. The molecule has 122 valence electrons. The van der Waals surface area contributed by atoms with Crippen LogP contribution < -0.4 is 0 Å². The maximum absolute atomic E-state index is 12.4. The summed E-state index contributed by atoms with van der Waals surface area (Å²) in [6.45, 7) is 0. The normalized spacial score (nSPS) is 36.0. The van der Waals surface area contributed by atoms with Crippen molar-refractivity contribution in [2.45, 2.75) is 31.5 Å². The Bertz CT molecular complexity index is 639. The van der Waals surface area contributed by atoms with Crippen molar-refractivity contribution in [1.82, 2.24) is 0 Å². The van der Waals surface area contributed by atoms with Gasteiger partial charge in [-0.05, 0) is 30.7 Å². The van der Waals surface area contributed by atoms with E-state index in [4.69, 9.17) is 14.2 Å². The van der Waals surface area contributed by atoms with Gasteiger partial charge in [-0.1, -0.05) is 30.3 Å². The van der Waals surface area contributed by atoms with Crippen molar-refractivity contribution in [1.29, 1.82) is 0 Å². The Morgan fingerprint density at radius 3 is 2.35 bits per heavy atom. The van der Waals surface area contributed by atoms with E-state index in [2.05, 4.69) is 0 Å². The molecule has 5 nitrogen and oxygen atoms in total. The van der Waals surface area contributed by atoms with Crippen LogP contribution in [0.3, 0.4) is 0 Å². The SMILES string of the molecule is COC(=O)C1(C(=O)OC)C[C@H]2[C@H](c3ccccc3)OC3C[C@@]32C1. The van der Waals surface area contributed by atoms with E-state index in [0.717, 1.165) is 12.0 Å². The fraction of sp³-hybridized carbons (Fsp3) is 0.556. The number of esters is 2. The van der Waals surface area contributed by atoms with Gasteiger partial charge in [0.1, 0.15) is 0 Å². The van der Waals surface area contributed by atoms with Crippen molar-refractivity contribution in [3.8, 4) is 0 Å². The van der Waals surface area contributed by atoms with Crippen LogP contribution in [0.15, 0.2) is 30.3 Å². The van der Waals surface area contributed by atoms with Crippen LogP contribution in [-0.4, -0.2) is 32.3 Å². The smallest absolute Gasteiger partial charge is 0.323 e. The molecule has 0 bridgehead atoms. The molecule has 23 heavy (non-hydrogen) atoms. The molecule has 0 N–H and O–H groups in total. The lowest BCUT2D eigenvalue weighted by Crippen LogP contribution is -2.40. The zero-order valence-corrected chi connectivity index (χ0v) is 13.3. The maximum Gasteiger partial charge on any atom is 0.323 e. The van der Waals surface area contributed by atoms with Gasteiger partial charge in [0.2, 0.25) is 0 Å². The second-order valence-corrected chi connectivity index (χ2v) is 6.95. The molecule has 0 radical (unpaired) electrons. The summed E-state index contributed by atoms with van der Waals surface area (Å²) in [5.74, 6) is -0.815. The Balaban J connectivity index is 1.70. The second kappa shape index (κ2) is 4.81. The zero-order chi connectivity index (χ0) is 16.2. The van der Waals surface area contributed by atoms with Crippen LogP contribution in [0.1, 0.15) is 30.9 Å². The molecule has 1 aromatic rings. The Hall–Kier alpha value is -1.88. The highest BCUT2D eigenvalue weighted by Gasteiger charge is 2.77. The molecule has 1 unspecified atom stereocenters. The van der Waals surface area contributed by atoms with Gasteiger partial charge < -0.3 is 14.2 Å². The molecular formula is C18H20O5. The monoisotopic (exact) mass is 316 g/mol. The first-order chi connectivity index (χ1) is 11.1. The third-order valence-corrected chi connectivity index (χ3v) is 5.94. The van der Waals surface area contributed by atoms with Gasteiger partial charge in [-0.3, -0.25) is 9.59 Å². The van der Waals surface area contributed by atoms with Gasteiger partial charge in [-0.25, -0.2) is 0 Å². The molecule has 1 spiro atoms. The minimum absolute atomic E-state index is 0.0638. The number of carbonyl (C=O) groups is 2. The van der Waals surface area contributed by atoms with Crippen LogP contribution in [0.5, 0.6) is 0 Å². The first-order valence-corrected chi connectivity index (χ1v) is 7.95. The minimum atomic E-state index is -1.18. The van der Waals surface area contributed by atoms with Gasteiger partial charge >= 0.3 is 11.9 Å². The van der Waals surface area contributed by atoms with Crippen molar-refractivity contribution in [2.24, 2.45) is 16.7 Å². The molecule has 4 rings (SSSR count). The number of hydrogen-bond donors (Lipinski definition) is 0. The molecule has 2 saturated carbocycles. The summed E-state index contributed by atoms with van der Waals surface area (Å²) in [6.07, 6.45) is 1.89. The average Bonchev–Trinajstić information content (AvgIpc) is 3.01. The number of hydrogen-bond acceptors (Lipinski definition) is 5. The van der Waals surface area contributed by atoms with E-state index < -0.39 is 17.4 Å². The standard InChI is InChI=1S/C18H20O5/c1-21-15(19)18(16(20)22-2)8-12-14(11-6-4-3-5-7-11)23-13-9-17(12,13)10-18/h3-7,12-14H,8-10H2,1-2H3/t12-,13?,14-,17-/m0/s1. The summed E-state index contributed by atoms with van der Waals surface area (Å²) in [6, 6.07) is 10.0. The highest BCUT2D eigenvalue weighted by atomic mass is 16.5. The average molecular weight is 316 g/mol. The Morgan fingerprint density at radius 1 is 1.09 bits per heavy atom. The molecule has 0 amide bonds. The van der Waals surface area contributed by atoms with Gasteiger partial charge in [0.05, 0.1) is 26.4 Å². The maximum atomic E-state index is 12.4. The highest BCUT2D eigenvalue weighted by Crippen LogP contribution is 2.76. The number of ether oxygens (including phenoxy) is 3. The van der Waals surface area contributed by atoms with Crippen molar-refractivity contribution in [3.05, 3.63) is 35.9 Å². The molecule has 1 aliphatic heterocycles. The van der Waals surface area contributed by atoms with E-state index in [1.165, 1.54) is 14.2 Å². The van der Waals surface area contributed by atoms with Crippen LogP contribution in [-0.2, 0) is 23.8 Å². The van der Waals surface area contributed by atoms with E-state index in [9.17, 15) is 9.59 Å². The molecule has 2 aliphatic carbocycles. The van der Waals surface area contributed by atoms with E-state index in [1.54, 1.807) is 0 Å². The molecule has 3 aliphatic rings. The molecule has 1 aromatic carbocycles. The van der Waals surface area contributed by atoms with Crippen molar-refractivity contribution >= 4 is 11.9 Å². The van der Waals surface area contributed by atoms with Crippen molar-refractivity contribution in [2.75, 3.05) is 14.2 Å². The highest BCUT2D eigenvalue weighted by molar-refractivity contribution is 6.00. The van der Waals surface area contributed by atoms with Gasteiger partial charge in [0.25, 0.3) is 0 Å². The summed E-state index contributed by atoms with van der Waals surface area (Å²) in [4.78, 5) is 24.8. The van der Waals surface area contributed by atoms with Crippen molar-refractivity contribution in [3.63, 3.8) is 0 Å². The summed E-state index contributed by atoms with van der Waals surface area (Å²) in [5, 5.41) is 0. The van der Waals surface area contributed by atoms with Crippen LogP contribution in [0.2, 0.25) is 0 Å². The minimum Gasteiger partial charge on any atom is -0.468 e. The van der Waals surface area contributed by atoms with Gasteiger partial charge in [-0.15, -0.1) is 0 Å². The van der Waals surface area contributed by atoms with E-state index >= 15 is 0 Å². The Labute approximate surface area is 134 Å². The van der Waals surface area contributed by atoms with Gasteiger partial charge in [0.15, 0.2) is 5.41 Å². The number of benzene rings is 1. The fourth-order valence-electron chi connectivity index (χ4n) is 4.81. The molecular weight excluding hydrogens is 296 g/mol. The zero-order valence-electron chi connectivity index (χ0n) is 13.3. The van der Waals surface area contributed by atoms with Crippen LogP contribution in [0.4, 0.5) is 0 Å². The molecule has 4 atom stereocenters. The predicted octanol–water partition coefficient (Wildman–Crippen LogP) is 2.26. The Kier molecular flexibility index (Phi) is 3.07. The lowest BCUT2D eigenvalue weighted by Gasteiger charge is -2.25. The van der Waals surface area contributed by atoms with Crippen LogP contribution in [0, 0.1) is 16.7 Å². The summed E-state index contributed by atoms with van der Waals surface area (Å²) >= 11 is 0. The lowest BCUT2D eigenvalue weighted by atomic mass is 9.83. The first-order valence-electron chi connectivity index (χ1n) is 7.95. The van der Waals surface area contributed by atoms with Gasteiger partial charge in [-0.2, -0.15) is 0 Å². The number of rotatable bonds is 3. The summed E-state index contributed by atoms with van der Waals surface area (Å²) in [5.41, 5.74) is -0.155. The summed E-state index contributed by atoms with van der Waals surface area (Å²) < 4.78 is 16.1. The third-order valence-electron chi connectivity index (χ3n) is 5.94. The van der Waals surface area contributed by atoms with Crippen LogP contribution >= 0.6 is 0 Å². The molecule has 3 fully saturated rings. The van der Waals surface area contributed by atoms with Gasteiger partial charge in [0, 0.05) is 5.41 Å². The predicted molar refractivity (Wildman–Crippen MR) is 80.3 cm³/mol. The fourth-order valence-corrected chi connectivity index (χ4v) is 4.81. The second-order valence-electron chi connectivity index (χ2n) is 6.95. The largest absolute Gasteiger partial charge is 0.468 e. The van der Waals surface area contributed by atoms with E-state index in [1.807, 2.05) is 30.3 Å². The lowest BCUT2D eigenvalue weighted by molar-refractivity contribution is -0.169.